The van der Waals surface area contributed by atoms with Gasteiger partial charge in [0.05, 0.1) is 19.3 Å². The molecule has 0 spiro atoms. The molecule has 3 saturated carbocycles. The number of nitrogens with zero attached hydrogens (tertiary/aromatic N) is 3. The standard InChI is InChI=1S/C34H43N3O2/c1-24-19-29(15-18-33(24)39-2)26-13-11-25(12-14-26)22-36(34(38)27-7-4-3-5-8-27)32-10-6-9-28(20-32)30-21-35-37(23-30)31-16-17-31/h6,9-10,15,18-21,23,25-27,31H,3-5,7-8,11-14,16-17,22H2,1-2H3/t25-,26-. The van der Waals surface area contributed by atoms with Crippen LogP contribution >= 0.6 is 0 Å². The number of rotatable bonds is 8. The Bertz CT molecular complexity index is 1280. The van der Waals surface area contributed by atoms with Gasteiger partial charge in [-0.3, -0.25) is 9.48 Å². The van der Waals surface area contributed by atoms with Gasteiger partial charge >= 0.3 is 0 Å². The third-order valence-electron chi connectivity index (χ3n) is 9.41. The van der Waals surface area contributed by atoms with Gasteiger partial charge in [0, 0.05) is 29.9 Å². The zero-order valence-electron chi connectivity index (χ0n) is 23.6. The van der Waals surface area contributed by atoms with E-state index in [1.165, 1.54) is 56.1 Å². The minimum absolute atomic E-state index is 0.165. The smallest absolute Gasteiger partial charge is 0.230 e. The van der Waals surface area contributed by atoms with E-state index in [9.17, 15) is 4.79 Å². The quantitative estimate of drug-likeness (QED) is 0.299. The molecule has 0 N–H and O–H groups in total. The fourth-order valence-electron chi connectivity index (χ4n) is 6.86. The predicted molar refractivity (Wildman–Crippen MR) is 157 cm³/mol. The Kier molecular flexibility index (Phi) is 7.76. The molecule has 1 heterocycles. The summed E-state index contributed by atoms with van der Waals surface area (Å²) in [6, 6.07) is 15.9. The molecule has 39 heavy (non-hydrogen) atoms. The lowest BCUT2D eigenvalue weighted by Crippen LogP contribution is -2.41. The van der Waals surface area contributed by atoms with E-state index in [-0.39, 0.29) is 5.92 Å². The van der Waals surface area contributed by atoms with E-state index in [1.54, 1.807) is 7.11 Å². The van der Waals surface area contributed by atoms with Crippen molar-refractivity contribution in [1.82, 2.24) is 9.78 Å². The molecule has 0 aliphatic heterocycles. The summed E-state index contributed by atoms with van der Waals surface area (Å²) in [5.41, 5.74) is 5.99. The zero-order chi connectivity index (χ0) is 26.8. The molecule has 3 fully saturated rings. The van der Waals surface area contributed by atoms with Crippen LogP contribution in [0, 0.1) is 18.8 Å². The Morgan fingerprint density at radius 3 is 2.46 bits per heavy atom. The number of carbonyl (C=O) groups is 1. The van der Waals surface area contributed by atoms with Gasteiger partial charge in [-0.25, -0.2) is 0 Å². The molecular weight excluding hydrogens is 482 g/mol. The highest BCUT2D eigenvalue weighted by Crippen LogP contribution is 2.39. The van der Waals surface area contributed by atoms with Crippen LogP contribution in [0.2, 0.25) is 0 Å². The second-order valence-corrected chi connectivity index (χ2v) is 12.2. The molecule has 0 unspecified atom stereocenters. The van der Waals surface area contributed by atoms with Crippen LogP contribution in [0.1, 0.15) is 93.7 Å². The van der Waals surface area contributed by atoms with Gasteiger partial charge in [-0.1, -0.05) is 43.5 Å². The summed E-state index contributed by atoms with van der Waals surface area (Å²) in [5.74, 6) is 2.60. The van der Waals surface area contributed by atoms with Crippen molar-refractivity contribution in [2.75, 3.05) is 18.6 Å². The molecule has 5 nitrogen and oxygen atoms in total. The highest BCUT2D eigenvalue weighted by Gasteiger charge is 2.31. The van der Waals surface area contributed by atoms with Crippen LogP contribution in [0.25, 0.3) is 11.1 Å². The van der Waals surface area contributed by atoms with Crippen LogP contribution < -0.4 is 9.64 Å². The molecule has 3 aromatic rings. The molecule has 0 radical (unpaired) electrons. The van der Waals surface area contributed by atoms with Crippen molar-refractivity contribution in [2.45, 2.75) is 89.5 Å². The monoisotopic (exact) mass is 525 g/mol. The first-order valence-electron chi connectivity index (χ1n) is 15.2. The van der Waals surface area contributed by atoms with Crippen LogP contribution in [-0.4, -0.2) is 29.3 Å². The Hall–Kier alpha value is -3.08. The van der Waals surface area contributed by atoms with Crippen molar-refractivity contribution in [2.24, 2.45) is 11.8 Å². The molecule has 3 aliphatic rings. The lowest BCUT2D eigenvalue weighted by atomic mass is 9.78. The number of amides is 1. The zero-order valence-corrected chi connectivity index (χ0v) is 23.6. The van der Waals surface area contributed by atoms with E-state index in [0.29, 0.717) is 23.8 Å². The Balaban J connectivity index is 1.19. The minimum atomic E-state index is 0.165. The topological polar surface area (TPSA) is 47.4 Å². The van der Waals surface area contributed by atoms with E-state index >= 15 is 0 Å². The molecule has 1 aromatic heterocycles. The summed E-state index contributed by atoms with van der Waals surface area (Å²) < 4.78 is 7.58. The molecule has 206 valence electrons. The first-order valence-corrected chi connectivity index (χ1v) is 15.2. The van der Waals surface area contributed by atoms with Crippen LogP contribution in [-0.2, 0) is 4.79 Å². The Labute approximate surface area is 233 Å². The van der Waals surface area contributed by atoms with Crippen molar-refractivity contribution in [1.29, 1.82) is 0 Å². The average Bonchev–Trinajstić information content (AvgIpc) is 3.72. The second-order valence-electron chi connectivity index (χ2n) is 12.2. The molecule has 3 aliphatic carbocycles. The van der Waals surface area contributed by atoms with Gasteiger partial charge in [0.1, 0.15) is 5.75 Å². The number of hydrogen-bond acceptors (Lipinski definition) is 3. The maximum absolute atomic E-state index is 14.0. The highest BCUT2D eigenvalue weighted by atomic mass is 16.5. The SMILES string of the molecule is COc1ccc([C@H]2CC[C@H](CN(C(=O)C3CCCCC3)c3cccc(-c4cnn(C5CC5)c4)c3)CC2)cc1C. The van der Waals surface area contributed by atoms with E-state index in [0.717, 1.165) is 54.8 Å². The number of benzene rings is 2. The molecule has 1 amide bonds. The fourth-order valence-corrected chi connectivity index (χ4v) is 6.86. The summed E-state index contributed by atoms with van der Waals surface area (Å²) >= 11 is 0. The Morgan fingerprint density at radius 1 is 0.949 bits per heavy atom. The van der Waals surface area contributed by atoms with Crippen LogP contribution in [0.15, 0.2) is 54.9 Å². The molecule has 2 aromatic carbocycles. The normalized spacial score (nSPS) is 22.0. The number of aryl methyl sites for hydroxylation is 1. The van der Waals surface area contributed by atoms with Crippen molar-refractivity contribution < 1.29 is 9.53 Å². The van der Waals surface area contributed by atoms with Gasteiger partial charge in [0.25, 0.3) is 0 Å². The second kappa shape index (κ2) is 11.6. The van der Waals surface area contributed by atoms with Crippen LogP contribution in [0.4, 0.5) is 5.69 Å². The van der Waals surface area contributed by atoms with E-state index in [2.05, 4.69) is 70.3 Å². The Morgan fingerprint density at radius 2 is 1.74 bits per heavy atom. The number of anilines is 1. The van der Waals surface area contributed by atoms with E-state index < -0.39 is 0 Å². The fraction of sp³-hybridized carbons (Fsp3) is 0.529. The molecular formula is C34H43N3O2. The molecule has 0 atom stereocenters. The van der Waals surface area contributed by atoms with Crippen LogP contribution in [0.5, 0.6) is 5.75 Å². The van der Waals surface area contributed by atoms with E-state index in [1.807, 2.05) is 6.20 Å². The van der Waals surface area contributed by atoms with Gasteiger partial charge in [0.2, 0.25) is 5.91 Å². The van der Waals surface area contributed by atoms with Crippen molar-refractivity contribution in [3.8, 4) is 16.9 Å². The largest absolute Gasteiger partial charge is 0.496 e. The number of hydrogen-bond donors (Lipinski definition) is 0. The highest BCUT2D eigenvalue weighted by molar-refractivity contribution is 5.95. The minimum Gasteiger partial charge on any atom is -0.496 e. The number of ether oxygens (including phenoxy) is 1. The molecule has 6 rings (SSSR count). The summed E-state index contributed by atoms with van der Waals surface area (Å²) in [6.45, 7) is 2.96. The number of methoxy groups -OCH3 is 1. The van der Waals surface area contributed by atoms with Crippen molar-refractivity contribution in [3.05, 3.63) is 66.0 Å². The maximum atomic E-state index is 14.0. The van der Waals surface area contributed by atoms with Crippen LogP contribution in [0.3, 0.4) is 0 Å². The van der Waals surface area contributed by atoms with Crippen molar-refractivity contribution >= 4 is 11.6 Å². The lowest BCUT2D eigenvalue weighted by Gasteiger charge is -2.35. The van der Waals surface area contributed by atoms with E-state index in [4.69, 9.17) is 4.74 Å². The van der Waals surface area contributed by atoms with Gasteiger partial charge in [-0.15, -0.1) is 0 Å². The first kappa shape index (κ1) is 26.2. The first-order chi connectivity index (χ1) is 19.1. The number of carbonyl (C=O) groups excluding carboxylic acids is 1. The maximum Gasteiger partial charge on any atom is 0.230 e. The molecule has 0 bridgehead atoms. The van der Waals surface area contributed by atoms with Gasteiger partial charge in [-0.2, -0.15) is 5.10 Å². The van der Waals surface area contributed by atoms with Crippen molar-refractivity contribution in [3.63, 3.8) is 0 Å². The molecule has 0 saturated heterocycles. The lowest BCUT2D eigenvalue weighted by molar-refractivity contribution is -0.123. The van der Waals surface area contributed by atoms with Gasteiger partial charge in [-0.05, 0) is 105 Å². The molecule has 5 heteroatoms. The summed E-state index contributed by atoms with van der Waals surface area (Å²) in [4.78, 5) is 16.2. The van der Waals surface area contributed by atoms with Gasteiger partial charge < -0.3 is 9.64 Å². The summed E-state index contributed by atoms with van der Waals surface area (Å²) in [7, 11) is 1.74. The third-order valence-corrected chi connectivity index (χ3v) is 9.41. The summed E-state index contributed by atoms with van der Waals surface area (Å²) in [5, 5.41) is 4.61. The van der Waals surface area contributed by atoms with Gasteiger partial charge in [0.15, 0.2) is 0 Å². The number of aromatic nitrogens is 2. The predicted octanol–water partition coefficient (Wildman–Crippen LogP) is 8.09. The average molecular weight is 526 g/mol. The summed E-state index contributed by atoms with van der Waals surface area (Å²) in [6.07, 6.45) is 17.0. The third kappa shape index (κ3) is 5.92.